The van der Waals surface area contributed by atoms with E-state index in [1.54, 1.807) is 0 Å². The summed E-state index contributed by atoms with van der Waals surface area (Å²) in [6.07, 6.45) is 10.5. The third kappa shape index (κ3) is 4.91. The molecule has 6 heteroatoms. The number of rotatable bonds is 12. The number of nitrogens with two attached hydrogens (primary N) is 2. The van der Waals surface area contributed by atoms with Gasteiger partial charge in [-0.25, -0.2) is 5.84 Å². The van der Waals surface area contributed by atoms with Gasteiger partial charge in [0, 0.05) is 5.41 Å². The van der Waals surface area contributed by atoms with Crippen LogP contribution in [-0.4, -0.2) is 23.0 Å². The maximum Gasteiger partial charge on any atom is 0.240 e. The van der Waals surface area contributed by atoms with Crippen LogP contribution < -0.4 is 17.0 Å². The summed E-state index contributed by atoms with van der Waals surface area (Å²) in [6.45, 7) is 0. The summed E-state index contributed by atoms with van der Waals surface area (Å²) in [4.78, 5) is 22.9. The summed E-state index contributed by atoms with van der Waals surface area (Å²) in [6, 6.07) is 0. The number of carbonyl (C=O) groups is 2. The van der Waals surface area contributed by atoms with Crippen molar-refractivity contribution in [2.24, 2.45) is 22.4 Å². The summed E-state index contributed by atoms with van der Waals surface area (Å²) < 4.78 is 0. The molecule has 23 heavy (non-hydrogen) atoms. The number of nitrogens with one attached hydrogen (secondary N) is 1. The van der Waals surface area contributed by atoms with Crippen molar-refractivity contribution >= 4 is 11.8 Å². The Morgan fingerprint density at radius 2 is 1.43 bits per heavy atom. The summed E-state index contributed by atoms with van der Waals surface area (Å²) in [5.41, 5.74) is 7.23. The lowest BCUT2D eigenvalue weighted by Crippen LogP contribution is -2.37. The van der Waals surface area contributed by atoms with E-state index in [4.69, 9.17) is 11.6 Å². The van der Waals surface area contributed by atoms with Crippen LogP contribution >= 0.6 is 0 Å². The van der Waals surface area contributed by atoms with Crippen LogP contribution in [0.25, 0.3) is 0 Å². The highest BCUT2D eigenvalue weighted by Crippen LogP contribution is 2.50. The van der Waals surface area contributed by atoms with E-state index < -0.39 is 0 Å². The zero-order chi connectivity index (χ0) is 16.9. The Kier molecular flexibility index (Phi) is 6.03. The second-order valence-corrected chi connectivity index (χ2v) is 7.54. The van der Waals surface area contributed by atoms with Gasteiger partial charge in [-0.15, -0.1) is 0 Å². The summed E-state index contributed by atoms with van der Waals surface area (Å²) in [5, 5.41) is 10.0. The number of amides is 2. The first-order valence-electron chi connectivity index (χ1n) is 8.93. The predicted molar refractivity (Wildman–Crippen MR) is 87.8 cm³/mol. The molecule has 0 heterocycles. The number of hydrazine groups is 1. The lowest BCUT2D eigenvalue weighted by molar-refractivity contribution is -0.126. The van der Waals surface area contributed by atoms with Gasteiger partial charge < -0.3 is 10.8 Å². The molecule has 2 aliphatic carbocycles. The molecular formula is C17H31N3O3. The van der Waals surface area contributed by atoms with Crippen molar-refractivity contribution in [1.82, 2.24) is 5.43 Å². The van der Waals surface area contributed by atoms with Gasteiger partial charge in [-0.2, -0.15) is 0 Å². The Hall–Kier alpha value is -1.14. The molecule has 2 saturated carbocycles. The van der Waals surface area contributed by atoms with E-state index in [1.807, 2.05) is 0 Å². The average Bonchev–Trinajstić information content (AvgIpc) is 3.43. The topological polar surface area (TPSA) is 118 Å². The molecule has 0 radical (unpaired) electrons. The van der Waals surface area contributed by atoms with E-state index in [2.05, 4.69) is 5.43 Å². The SMILES string of the molecule is NNC(=O)C1(CCCCC(O)CCCCC2(C(N)=O)CC2)CC1. The molecule has 0 aliphatic heterocycles. The quantitative estimate of drug-likeness (QED) is 0.188. The molecule has 1 unspecified atom stereocenters. The second kappa shape index (κ2) is 7.62. The first-order valence-corrected chi connectivity index (χ1v) is 8.93. The van der Waals surface area contributed by atoms with Crippen molar-refractivity contribution in [2.75, 3.05) is 0 Å². The van der Waals surface area contributed by atoms with Crippen molar-refractivity contribution in [3.63, 3.8) is 0 Å². The molecule has 0 saturated heterocycles. The molecular weight excluding hydrogens is 294 g/mol. The maximum atomic E-state index is 11.6. The van der Waals surface area contributed by atoms with Gasteiger partial charge in [-0.05, 0) is 51.4 Å². The number of aliphatic hydroxyl groups excluding tert-OH is 1. The van der Waals surface area contributed by atoms with E-state index in [0.29, 0.717) is 0 Å². The van der Waals surface area contributed by atoms with Gasteiger partial charge in [0.1, 0.15) is 0 Å². The molecule has 1 atom stereocenters. The van der Waals surface area contributed by atoms with Crippen LogP contribution in [0.5, 0.6) is 0 Å². The minimum Gasteiger partial charge on any atom is -0.393 e. The minimum absolute atomic E-state index is 0.0403. The smallest absolute Gasteiger partial charge is 0.240 e. The molecule has 6 N–H and O–H groups in total. The standard InChI is InChI=1S/C17H31N3O3/c18-14(22)16(9-10-16)7-3-1-5-13(21)6-2-4-8-17(11-12-17)15(23)20-19/h13,21H,1-12,19H2,(H2,18,22)(H,20,23). The minimum atomic E-state index is -0.280. The molecule has 132 valence electrons. The third-order valence-electron chi connectivity index (χ3n) is 5.73. The average molecular weight is 325 g/mol. The molecule has 6 nitrogen and oxygen atoms in total. The summed E-state index contributed by atoms with van der Waals surface area (Å²) in [7, 11) is 0. The van der Waals surface area contributed by atoms with Crippen LogP contribution in [0.1, 0.15) is 77.0 Å². The van der Waals surface area contributed by atoms with Crippen molar-refractivity contribution in [3.8, 4) is 0 Å². The van der Waals surface area contributed by atoms with Crippen molar-refractivity contribution in [2.45, 2.75) is 83.2 Å². The fourth-order valence-electron chi connectivity index (χ4n) is 3.50. The van der Waals surface area contributed by atoms with Gasteiger partial charge in [0.2, 0.25) is 11.8 Å². The van der Waals surface area contributed by atoms with E-state index in [-0.39, 0.29) is 28.7 Å². The van der Waals surface area contributed by atoms with Gasteiger partial charge in [0.05, 0.1) is 11.5 Å². The van der Waals surface area contributed by atoms with E-state index >= 15 is 0 Å². The molecule has 2 aliphatic rings. The van der Waals surface area contributed by atoms with Crippen LogP contribution in [0.2, 0.25) is 0 Å². The first-order chi connectivity index (χ1) is 10.9. The number of unbranched alkanes of at least 4 members (excludes halogenated alkanes) is 2. The zero-order valence-electron chi connectivity index (χ0n) is 14.0. The van der Waals surface area contributed by atoms with Crippen molar-refractivity contribution in [1.29, 1.82) is 0 Å². The molecule has 2 fully saturated rings. The highest BCUT2D eigenvalue weighted by molar-refractivity contribution is 5.84. The molecule has 0 bridgehead atoms. The Morgan fingerprint density at radius 3 is 1.83 bits per heavy atom. The molecule has 2 rings (SSSR count). The number of aliphatic hydroxyl groups is 1. The summed E-state index contributed by atoms with van der Waals surface area (Å²) >= 11 is 0. The van der Waals surface area contributed by atoms with E-state index in [1.165, 1.54) is 0 Å². The molecule has 0 aromatic heterocycles. The molecule has 0 aromatic rings. The van der Waals surface area contributed by atoms with E-state index in [9.17, 15) is 14.7 Å². The lowest BCUT2D eigenvalue weighted by atomic mass is 9.94. The Labute approximate surface area is 138 Å². The van der Waals surface area contributed by atoms with Gasteiger partial charge in [-0.1, -0.05) is 25.7 Å². The van der Waals surface area contributed by atoms with Gasteiger partial charge in [0.25, 0.3) is 0 Å². The maximum absolute atomic E-state index is 11.6. The molecule has 0 spiro atoms. The number of hydrogen-bond acceptors (Lipinski definition) is 4. The van der Waals surface area contributed by atoms with Crippen LogP contribution in [-0.2, 0) is 9.59 Å². The van der Waals surface area contributed by atoms with Gasteiger partial charge in [0.15, 0.2) is 0 Å². The number of primary amides is 1. The third-order valence-corrected chi connectivity index (χ3v) is 5.73. The normalized spacial score (nSPS) is 21.5. The highest BCUT2D eigenvalue weighted by atomic mass is 16.3. The van der Waals surface area contributed by atoms with Crippen molar-refractivity contribution < 1.29 is 14.7 Å². The largest absolute Gasteiger partial charge is 0.393 e. The van der Waals surface area contributed by atoms with Crippen LogP contribution in [0, 0.1) is 10.8 Å². The summed E-state index contributed by atoms with van der Waals surface area (Å²) in [5.74, 6) is 5.00. The Balaban J connectivity index is 1.48. The molecule has 2 amide bonds. The molecule has 0 aromatic carbocycles. The van der Waals surface area contributed by atoms with Crippen molar-refractivity contribution in [3.05, 3.63) is 0 Å². The predicted octanol–water partition coefficient (Wildman–Crippen LogP) is 1.50. The Morgan fingerprint density at radius 1 is 0.957 bits per heavy atom. The van der Waals surface area contributed by atoms with Gasteiger partial charge >= 0.3 is 0 Å². The fraction of sp³-hybridized carbons (Fsp3) is 0.882. The Bertz CT molecular complexity index is 431. The highest BCUT2D eigenvalue weighted by Gasteiger charge is 2.48. The second-order valence-electron chi connectivity index (χ2n) is 7.54. The van der Waals surface area contributed by atoms with Gasteiger partial charge in [-0.3, -0.25) is 15.0 Å². The van der Waals surface area contributed by atoms with Crippen LogP contribution in [0.15, 0.2) is 0 Å². The lowest BCUT2D eigenvalue weighted by Gasteiger charge is -2.15. The fourth-order valence-corrected chi connectivity index (χ4v) is 3.50. The van der Waals surface area contributed by atoms with Crippen LogP contribution in [0.4, 0.5) is 0 Å². The monoisotopic (exact) mass is 325 g/mol. The first kappa shape index (κ1) is 18.2. The zero-order valence-corrected chi connectivity index (χ0v) is 14.0. The van der Waals surface area contributed by atoms with E-state index in [0.717, 1.165) is 77.0 Å². The van der Waals surface area contributed by atoms with Crippen LogP contribution in [0.3, 0.4) is 0 Å². The number of hydrogen-bond donors (Lipinski definition) is 4. The number of carbonyl (C=O) groups excluding carboxylic acids is 2.